The zero-order valence-electron chi connectivity index (χ0n) is 11.1. The van der Waals surface area contributed by atoms with Gasteiger partial charge in [0.05, 0.1) is 6.54 Å². The Morgan fingerprint density at radius 3 is 2.75 bits per heavy atom. The summed E-state index contributed by atoms with van der Waals surface area (Å²) in [6.07, 6.45) is 4.30. The number of carbonyl (C=O) groups excluding carboxylic acids is 1. The topological polar surface area (TPSA) is 100 Å². The maximum Gasteiger partial charge on any atom is 0.329 e. The minimum absolute atomic E-state index is 0.330. The minimum Gasteiger partial charge on any atom is -0.480 e. The van der Waals surface area contributed by atoms with E-state index in [1.54, 1.807) is 11.2 Å². The summed E-state index contributed by atoms with van der Waals surface area (Å²) in [5.74, 6) is -0.217. The second kappa shape index (κ2) is 4.77. The number of fused-ring (bicyclic) bond motifs is 1. The van der Waals surface area contributed by atoms with Crippen LogP contribution in [0, 0.1) is 0 Å². The molecule has 0 unspecified atom stereocenters. The van der Waals surface area contributed by atoms with E-state index in [1.807, 2.05) is 4.57 Å². The number of carboxylic acids is 1. The number of carbonyl (C=O) groups is 2. The largest absolute Gasteiger partial charge is 0.480 e. The Kier molecular flexibility index (Phi) is 3.07. The predicted molar refractivity (Wildman–Crippen MR) is 67.8 cm³/mol. The molecule has 0 atom stereocenters. The van der Waals surface area contributed by atoms with Crippen LogP contribution in [-0.4, -0.2) is 48.9 Å². The van der Waals surface area contributed by atoms with Gasteiger partial charge in [-0.25, -0.2) is 9.59 Å². The number of rotatable bonds is 2. The molecule has 1 aliphatic heterocycles. The lowest BCUT2D eigenvalue weighted by Gasteiger charge is -2.32. The van der Waals surface area contributed by atoms with E-state index in [0.29, 0.717) is 32.5 Å². The van der Waals surface area contributed by atoms with Crippen LogP contribution in [0.2, 0.25) is 0 Å². The van der Waals surface area contributed by atoms with E-state index in [2.05, 4.69) is 15.5 Å². The summed E-state index contributed by atoms with van der Waals surface area (Å²) >= 11 is 0. The van der Waals surface area contributed by atoms with Crippen LogP contribution in [0.5, 0.6) is 0 Å². The van der Waals surface area contributed by atoms with E-state index in [-0.39, 0.29) is 6.03 Å². The van der Waals surface area contributed by atoms with Crippen LogP contribution in [0.1, 0.15) is 31.5 Å². The average Bonchev–Trinajstić information content (AvgIpc) is 3.06. The van der Waals surface area contributed by atoms with E-state index in [9.17, 15) is 14.7 Å². The molecule has 1 aliphatic carbocycles. The number of nitrogens with zero attached hydrogens (tertiary/aromatic N) is 4. The maximum absolute atomic E-state index is 12.3. The molecule has 0 saturated heterocycles. The number of carboxylic acid groups (broad SMARTS) is 1. The minimum atomic E-state index is -1.10. The molecule has 8 nitrogen and oxygen atoms in total. The van der Waals surface area contributed by atoms with Crippen molar-refractivity contribution in [3.05, 3.63) is 12.2 Å². The van der Waals surface area contributed by atoms with Gasteiger partial charge in [-0.3, -0.25) is 0 Å². The first kappa shape index (κ1) is 12.9. The van der Waals surface area contributed by atoms with Gasteiger partial charge in [-0.2, -0.15) is 0 Å². The predicted octanol–water partition coefficient (Wildman–Crippen LogP) is 0.201. The number of hydrogen-bond donors (Lipinski definition) is 2. The van der Waals surface area contributed by atoms with Crippen LogP contribution in [0.15, 0.2) is 6.33 Å². The summed E-state index contributed by atoms with van der Waals surface area (Å²) in [7, 11) is 0. The van der Waals surface area contributed by atoms with Crippen molar-refractivity contribution in [2.45, 2.75) is 44.3 Å². The Morgan fingerprint density at radius 2 is 2.05 bits per heavy atom. The van der Waals surface area contributed by atoms with Crippen molar-refractivity contribution in [2.24, 2.45) is 0 Å². The van der Waals surface area contributed by atoms with E-state index in [4.69, 9.17) is 0 Å². The molecule has 108 valence electrons. The fraction of sp³-hybridized carbons (Fsp3) is 0.667. The number of hydrogen-bond acceptors (Lipinski definition) is 4. The molecule has 0 bridgehead atoms. The molecular weight excluding hydrogens is 262 g/mol. The van der Waals surface area contributed by atoms with Gasteiger partial charge >= 0.3 is 12.0 Å². The van der Waals surface area contributed by atoms with E-state index < -0.39 is 11.5 Å². The zero-order valence-corrected chi connectivity index (χ0v) is 11.1. The number of urea groups is 1. The van der Waals surface area contributed by atoms with Gasteiger partial charge in [-0.05, 0) is 12.8 Å². The van der Waals surface area contributed by atoms with Crippen LogP contribution >= 0.6 is 0 Å². The highest BCUT2D eigenvalue weighted by Crippen LogP contribution is 2.30. The van der Waals surface area contributed by atoms with E-state index in [1.165, 1.54) is 0 Å². The third kappa shape index (κ3) is 2.10. The van der Waals surface area contributed by atoms with Gasteiger partial charge < -0.3 is 19.9 Å². The van der Waals surface area contributed by atoms with Crippen LogP contribution in [0.25, 0.3) is 0 Å². The fourth-order valence-corrected chi connectivity index (χ4v) is 2.89. The molecule has 0 spiro atoms. The first-order valence-electron chi connectivity index (χ1n) is 6.78. The molecule has 0 radical (unpaired) electrons. The van der Waals surface area contributed by atoms with Gasteiger partial charge in [0.15, 0.2) is 5.82 Å². The Hall–Kier alpha value is -2.12. The molecule has 2 heterocycles. The Morgan fingerprint density at radius 1 is 1.30 bits per heavy atom. The highest BCUT2D eigenvalue weighted by molar-refractivity contribution is 5.86. The molecule has 1 saturated carbocycles. The smallest absolute Gasteiger partial charge is 0.329 e. The summed E-state index contributed by atoms with van der Waals surface area (Å²) in [5.41, 5.74) is -1.10. The molecule has 2 amide bonds. The molecule has 20 heavy (non-hydrogen) atoms. The van der Waals surface area contributed by atoms with Gasteiger partial charge in [0.2, 0.25) is 0 Å². The van der Waals surface area contributed by atoms with Crippen LogP contribution < -0.4 is 5.32 Å². The Bertz CT molecular complexity index is 535. The van der Waals surface area contributed by atoms with Gasteiger partial charge in [0, 0.05) is 13.1 Å². The molecule has 8 heteroatoms. The Labute approximate surface area is 115 Å². The van der Waals surface area contributed by atoms with Crippen molar-refractivity contribution in [1.29, 1.82) is 0 Å². The summed E-state index contributed by atoms with van der Waals surface area (Å²) in [4.78, 5) is 25.3. The standard InChI is InChI=1S/C12H17N5O3/c18-10(19)12(3-1-2-4-12)14-11(20)16-5-6-17-8-13-15-9(17)7-16/h8H,1-7H2,(H,14,20)(H,18,19). The lowest BCUT2D eigenvalue weighted by atomic mass is 9.98. The SMILES string of the molecule is O=C(NC1(C(=O)O)CCCC1)N1CCn2cnnc2C1. The lowest BCUT2D eigenvalue weighted by Crippen LogP contribution is -2.57. The molecule has 1 aromatic heterocycles. The lowest BCUT2D eigenvalue weighted by molar-refractivity contribution is -0.144. The highest BCUT2D eigenvalue weighted by atomic mass is 16.4. The zero-order chi connectivity index (χ0) is 14.2. The van der Waals surface area contributed by atoms with Gasteiger partial charge in [-0.15, -0.1) is 10.2 Å². The molecule has 1 fully saturated rings. The average molecular weight is 279 g/mol. The molecular formula is C12H17N5O3. The van der Waals surface area contributed by atoms with Gasteiger partial charge in [0.25, 0.3) is 0 Å². The second-order valence-corrected chi connectivity index (χ2v) is 5.39. The highest BCUT2D eigenvalue weighted by Gasteiger charge is 2.43. The van der Waals surface area contributed by atoms with Crippen LogP contribution in [0.3, 0.4) is 0 Å². The summed E-state index contributed by atoms with van der Waals surface area (Å²) in [6.45, 7) is 1.53. The van der Waals surface area contributed by atoms with Crippen molar-refractivity contribution in [1.82, 2.24) is 25.0 Å². The van der Waals surface area contributed by atoms with Gasteiger partial charge in [0.1, 0.15) is 11.9 Å². The van der Waals surface area contributed by atoms with Crippen molar-refractivity contribution >= 4 is 12.0 Å². The molecule has 1 aromatic rings. The van der Waals surface area contributed by atoms with Crippen LogP contribution in [0.4, 0.5) is 4.79 Å². The van der Waals surface area contributed by atoms with Crippen molar-refractivity contribution in [3.63, 3.8) is 0 Å². The number of aromatic nitrogens is 3. The first-order chi connectivity index (χ1) is 9.61. The third-order valence-electron chi connectivity index (χ3n) is 4.14. The van der Waals surface area contributed by atoms with E-state index >= 15 is 0 Å². The molecule has 2 aliphatic rings. The molecule has 2 N–H and O–H groups in total. The van der Waals surface area contributed by atoms with E-state index in [0.717, 1.165) is 18.7 Å². The monoisotopic (exact) mass is 279 g/mol. The number of amides is 2. The normalized spacial score (nSPS) is 20.5. The Balaban J connectivity index is 1.69. The van der Waals surface area contributed by atoms with Crippen molar-refractivity contribution in [3.8, 4) is 0 Å². The van der Waals surface area contributed by atoms with Gasteiger partial charge in [-0.1, -0.05) is 12.8 Å². The fourth-order valence-electron chi connectivity index (χ4n) is 2.89. The molecule has 0 aromatic carbocycles. The van der Waals surface area contributed by atoms with Crippen molar-refractivity contribution < 1.29 is 14.7 Å². The maximum atomic E-state index is 12.3. The summed E-state index contributed by atoms with van der Waals surface area (Å²) < 4.78 is 1.90. The quantitative estimate of drug-likeness (QED) is 0.805. The van der Waals surface area contributed by atoms with Crippen molar-refractivity contribution in [2.75, 3.05) is 6.54 Å². The number of nitrogens with one attached hydrogen (secondary N) is 1. The molecule has 3 rings (SSSR count). The second-order valence-electron chi connectivity index (χ2n) is 5.39. The van der Waals surface area contributed by atoms with Crippen LogP contribution in [-0.2, 0) is 17.9 Å². The number of aliphatic carboxylic acids is 1. The third-order valence-corrected chi connectivity index (χ3v) is 4.14. The summed E-state index contributed by atoms with van der Waals surface area (Å²) in [5, 5.41) is 19.8. The first-order valence-corrected chi connectivity index (χ1v) is 6.78. The summed E-state index contributed by atoms with van der Waals surface area (Å²) in [6, 6.07) is -0.330.